The molecule has 2 atom stereocenters. The summed E-state index contributed by atoms with van der Waals surface area (Å²) in [6.45, 7) is 0.614. The zero-order chi connectivity index (χ0) is 12.3. The molecule has 0 spiro atoms. The van der Waals surface area contributed by atoms with E-state index in [2.05, 4.69) is 15.5 Å². The van der Waals surface area contributed by atoms with Gasteiger partial charge >= 0.3 is 0 Å². The minimum absolute atomic E-state index is 0.227. The Morgan fingerprint density at radius 2 is 2.35 bits per heavy atom. The van der Waals surface area contributed by atoms with Gasteiger partial charge in [0.05, 0.1) is 0 Å². The van der Waals surface area contributed by atoms with Gasteiger partial charge in [-0.05, 0) is 31.2 Å². The number of H-pyrrole nitrogens is 1. The van der Waals surface area contributed by atoms with E-state index in [1.807, 2.05) is 0 Å². The largest absolute Gasteiger partial charge is 0.350 e. The van der Waals surface area contributed by atoms with Crippen LogP contribution in [0.1, 0.15) is 29.8 Å². The summed E-state index contributed by atoms with van der Waals surface area (Å²) < 4.78 is 0. The molecule has 2 rings (SSSR count). The van der Waals surface area contributed by atoms with E-state index in [1.165, 1.54) is 12.1 Å². The second-order valence-electron chi connectivity index (χ2n) is 4.29. The Hall–Kier alpha value is -1.36. The van der Waals surface area contributed by atoms with E-state index in [0.717, 1.165) is 19.3 Å². The highest BCUT2D eigenvalue weighted by molar-refractivity contribution is 6.20. The number of halogens is 1. The maximum Gasteiger partial charge on any atom is 0.271 e. The first-order valence-electron chi connectivity index (χ1n) is 5.63. The lowest BCUT2D eigenvalue weighted by Crippen LogP contribution is -2.30. The number of aromatic nitrogens is 2. The fourth-order valence-electron chi connectivity index (χ4n) is 2.00. The van der Waals surface area contributed by atoms with E-state index in [1.54, 1.807) is 0 Å². The summed E-state index contributed by atoms with van der Waals surface area (Å²) in [6, 6.07) is 2.69. The van der Waals surface area contributed by atoms with Crippen molar-refractivity contribution in [2.75, 3.05) is 6.54 Å². The summed E-state index contributed by atoms with van der Waals surface area (Å²) in [6.07, 6.45) is 3.01. The van der Waals surface area contributed by atoms with Crippen LogP contribution in [0, 0.1) is 5.92 Å². The molecule has 0 aromatic carbocycles. The Balaban J connectivity index is 1.85. The molecule has 2 N–H and O–H groups in total. The molecule has 1 aromatic heterocycles. The minimum Gasteiger partial charge on any atom is -0.350 e. The van der Waals surface area contributed by atoms with Crippen LogP contribution in [0.4, 0.5) is 0 Å². The van der Waals surface area contributed by atoms with Gasteiger partial charge in [0.25, 0.3) is 11.5 Å². The maximum absolute atomic E-state index is 11.7. The summed E-state index contributed by atoms with van der Waals surface area (Å²) in [5.41, 5.74) is -0.0904. The van der Waals surface area contributed by atoms with Crippen LogP contribution in [0.5, 0.6) is 0 Å². The predicted octanol–water partition coefficient (Wildman–Crippen LogP) is 0.907. The average Bonchev–Trinajstić information content (AvgIpc) is 2.73. The molecule has 5 nitrogen and oxygen atoms in total. The van der Waals surface area contributed by atoms with Crippen LogP contribution in [0.3, 0.4) is 0 Å². The number of hydrogen-bond acceptors (Lipinski definition) is 3. The summed E-state index contributed by atoms with van der Waals surface area (Å²) in [7, 11) is 0. The molecule has 0 saturated heterocycles. The summed E-state index contributed by atoms with van der Waals surface area (Å²) in [5.74, 6) is 0.184. The quantitative estimate of drug-likeness (QED) is 0.789. The molecule has 0 bridgehead atoms. The van der Waals surface area contributed by atoms with Gasteiger partial charge in [0.1, 0.15) is 5.69 Å². The molecule has 0 radical (unpaired) electrons. The first-order valence-corrected chi connectivity index (χ1v) is 6.07. The normalized spacial score (nSPS) is 23.6. The number of nitrogens with zero attached hydrogens (tertiary/aromatic N) is 1. The molecule has 1 fully saturated rings. The Morgan fingerprint density at radius 1 is 1.53 bits per heavy atom. The maximum atomic E-state index is 11.7. The molecule has 1 heterocycles. The van der Waals surface area contributed by atoms with Crippen molar-refractivity contribution < 1.29 is 4.79 Å². The van der Waals surface area contributed by atoms with Crippen LogP contribution >= 0.6 is 11.6 Å². The fourth-order valence-corrected chi connectivity index (χ4v) is 2.38. The van der Waals surface area contributed by atoms with Gasteiger partial charge in [-0.1, -0.05) is 0 Å². The van der Waals surface area contributed by atoms with E-state index in [9.17, 15) is 9.59 Å². The van der Waals surface area contributed by atoms with Gasteiger partial charge in [0, 0.05) is 18.0 Å². The number of carbonyl (C=O) groups is 1. The summed E-state index contributed by atoms with van der Waals surface area (Å²) in [4.78, 5) is 22.4. The third-order valence-corrected chi connectivity index (χ3v) is 3.34. The molecule has 0 aliphatic heterocycles. The van der Waals surface area contributed by atoms with E-state index in [-0.39, 0.29) is 22.5 Å². The molecule has 1 aliphatic carbocycles. The lowest BCUT2D eigenvalue weighted by atomic mass is 10.1. The molecule has 17 heavy (non-hydrogen) atoms. The summed E-state index contributed by atoms with van der Waals surface area (Å²) in [5, 5.41) is 8.93. The van der Waals surface area contributed by atoms with E-state index >= 15 is 0 Å². The number of carbonyl (C=O) groups excluding carboxylic acids is 1. The van der Waals surface area contributed by atoms with Crippen LogP contribution in [0.25, 0.3) is 0 Å². The number of rotatable bonds is 3. The number of nitrogens with one attached hydrogen (secondary N) is 2. The van der Waals surface area contributed by atoms with E-state index < -0.39 is 0 Å². The van der Waals surface area contributed by atoms with E-state index in [0.29, 0.717) is 12.5 Å². The number of alkyl halides is 1. The fraction of sp³-hybridized carbons (Fsp3) is 0.545. The molecule has 92 valence electrons. The lowest BCUT2D eigenvalue weighted by Gasteiger charge is -2.10. The molecule has 1 aromatic rings. The molecular formula is C11H14ClN3O2. The highest BCUT2D eigenvalue weighted by Gasteiger charge is 2.23. The Kier molecular flexibility index (Phi) is 3.78. The Labute approximate surface area is 104 Å². The van der Waals surface area contributed by atoms with Crippen LogP contribution in [-0.2, 0) is 0 Å². The number of aromatic amines is 1. The number of hydrogen-bond donors (Lipinski definition) is 2. The second kappa shape index (κ2) is 5.31. The highest BCUT2D eigenvalue weighted by Crippen LogP contribution is 2.28. The molecule has 1 aliphatic rings. The van der Waals surface area contributed by atoms with Crippen molar-refractivity contribution in [1.82, 2.24) is 15.5 Å². The van der Waals surface area contributed by atoms with Crippen LogP contribution in [-0.4, -0.2) is 28.0 Å². The Bertz CT molecular complexity index is 440. The number of amides is 1. The first kappa shape index (κ1) is 12.1. The smallest absolute Gasteiger partial charge is 0.271 e. The zero-order valence-electron chi connectivity index (χ0n) is 9.28. The second-order valence-corrected chi connectivity index (χ2v) is 4.91. The lowest BCUT2D eigenvalue weighted by molar-refractivity contribution is 0.0941. The monoisotopic (exact) mass is 255 g/mol. The van der Waals surface area contributed by atoms with Gasteiger partial charge in [0.2, 0.25) is 0 Å². The highest BCUT2D eigenvalue weighted by atomic mass is 35.5. The van der Waals surface area contributed by atoms with Gasteiger partial charge in [0.15, 0.2) is 0 Å². The van der Waals surface area contributed by atoms with Crippen molar-refractivity contribution in [3.8, 4) is 0 Å². The van der Waals surface area contributed by atoms with Crippen molar-refractivity contribution in [2.45, 2.75) is 24.6 Å². The van der Waals surface area contributed by atoms with Crippen LogP contribution < -0.4 is 10.9 Å². The molecule has 1 amide bonds. The Morgan fingerprint density at radius 3 is 2.94 bits per heavy atom. The van der Waals surface area contributed by atoms with Crippen molar-refractivity contribution in [3.63, 3.8) is 0 Å². The topological polar surface area (TPSA) is 74.8 Å². The van der Waals surface area contributed by atoms with Gasteiger partial charge in [-0.25, -0.2) is 5.10 Å². The third kappa shape index (κ3) is 3.30. The van der Waals surface area contributed by atoms with E-state index in [4.69, 9.17) is 11.6 Å². The molecule has 6 heteroatoms. The van der Waals surface area contributed by atoms with Crippen molar-refractivity contribution in [3.05, 3.63) is 28.2 Å². The van der Waals surface area contributed by atoms with Crippen molar-refractivity contribution >= 4 is 17.5 Å². The van der Waals surface area contributed by atoms with Gasteiger partial charge in [-0.2, -0.15) is 5.10 Å². The zero-order valence-corrected chi connectivity index (χ0v) is 10.0. The third-order valence-electron chi connectivity index (χ3n) is 2.94. The summed E-state index contributed by atoms with van der Waals surface area (Å²) >= 11 is 5.99. The SMILES string of the molecule is O=C(NCC1CCC(Cl)C1)c1ccc(=O)[nH]n1. The average molecular weight is 256 g/mol. The molecule has 2 unspecified atom stereocenters. The van der Waals surface area contributed by atoms with Crippen molar-refractivity contribution in [1.29, 1.82) is 0 Å². The van der Waals surface area contributed by atoms with Gasteiger partial charge in [-0.3, -0.25) is 9.59 Å². The molecular weight excluding hydrogens is 242 g/mol. The molecule has 1 saturated carbocycles. The van der Waals surface area contributed by atoms with Crippen molar-refractivity contribution in [2.24, 2.45) is 5.92 Å². The predicted molar refractivity (Wildman–Crippen MR) is 64.2 cm³/mol. The van der Waals surface area contributed by atoms with Gasteiger partial charge in [-0.15, -0.1) is 11.6 Å². The first-order chi connectivity index (χ1) is 8.15. The standard InChI is InChI=1S/C11H14ClN3O2/c12-8-2-1-7(5-8)6-13-11(17)9-3-4-10(16)15-14-9/h3-4,7-8H,1-2,5-6H2,(H,13,17)(H,15,16). The van der Waals surface area contributed by atoms with Crippen LogP contribution in [0.2, 0.25) is 0 Å². The van der Waals surface area contributed by atoms with Gasteiger partial charge < -0.3 is 5.32 Å². The minimum atomic E-state index is -0.317. The van der Waals surface area contributed by atoms with Crippen LogP contribution in [0.15, 0.2) is 16.9 Å².